The van der Waals surface area contributed by atoms with Crippen LogP contribution in [0.1, 0.15) is 16.8 Å². The Morgan fingerprint density at radius 3 is 2.47 bits per heavy atom. The number of carbonyl (C=O) groups excluding carboxylic acids is 1. The maximum Gasteiger partial charge on any atom is 0.251 e. The van der Waals surface area contributed by atoms with E-state index in [1.807, 2.05) is 0 Å². The fourth-order valence-electron chi connectivity index (χ4n) is 2.04. The Morgan fingerprint density at radius 1 is 1.37 bits per heavy atom. The SMILES string of the molecule is CNC(=O)c1ccc(S(=O)(=O)N2CC[C@H](N)C2)cc1. The topological polar surface area (TPSA) is 92.5 Å². The van der Waals surface area contributed by atoms with E-state index < -0.39 is 10.0 Å². The molecule has 6 nitrogen and oxygen atoms in total. The van der Waals surface area contributed by atoms with Gasteiger partial charge in [0.1, 0.15) is 0 Å². The van der Waals surface area contributed by atoms with Crippen molar-refractivity contribution in [2.75, 3.05) is 20.1 Å². The summed E-state index contributed by atoms with van der Waals surface area (Å²) < 4.78 is 26.0. The second kappa shape index (κ2) is 5.28. The van der Waals surface area contributed by atoms with Crippen LogP contribution in [0.3, 0.4) is 0 Å². The summed E-state index contributed by atoms with van der Waals surface area (Å²) in [6.07, 6.45) is 0.676. The highest BCUT2D eigenvalue weighted by atomic mass is 32.2. The second-order valence-electron chi connectivity index (χ2n) is 4.52. The van der Waals surface area contributed by atoms with Crippen LogP contribution in [-0.4, -0.2) is 44.8 Å². The first-order valence-electron chi connectivity index (χ1n) is 6.03. The molecule has 104 valence electrons. The highest BCUT2D eigenvalue weighted by Crippen LogP contribution is 2.20. The Hall–Kier alpha value is -1.44. The third-order valence-corrected chi connectivity index (χ3v) is 5.05. The molecule has 0 radical (unpaired) electrons. The van der Waals surface area contributed by atoms with Crippen LogP contribution in [0.25, 0.3) is 0 Å². The molecule has 0 saturated carbocycles. The molecule has 0 spiro atoms. The molecular formula is C12H17N3O3S. The predicted octanol–water partition coefficient (Wildman–Crippen LogP) is -0.232. The Bertz CT molecular complexity index is 568. The Kier molecular flexibility index (Phi) is 3.88. The van der Waals surface area contributed by atoms with E-state index in [0.717, 1.165) is 0 Å². The molecule has 1 aliphatic rings. The molecular weight excluding hydrogens is 266 g/mol. The zero-order valence-electron chi connectivity index (χ0n) is 10.7. The fraction of sp³-hybridized carbons (Fsp3) is 0.417. The van der Waals surface area contributed by atoms with Crippen LogP contribution in [0.5, 0.6) is 0 Å². The fourth-order valence-corrected chi connectivity index (χ4v) is 3.56. The quantitative estimate of drug-likeness (QED) is 0.801. The highest BCUT2D eigenvalue weighted by Gasteiger charge is 2.30. The number of amides is 1. The third kappa shape index (κ3) is 2.78. The van der Waals surface area contributed by atoms with Crippen molar-refractivity contribution in [3.05, 3.63) is 29.8 Å². The minimum Gasteiger partial charge on any atom is -0.355 e. The number of nitrogens with two attached hydrogens (primary N) is 1. The van der Waals surface area contributed by atoms with Gasteiger partial charge in [0.25, 0.3) is 5.91 Å². The highest BCUT2D eigenvalue weighted by molar-refractivity contribution is 7.89. The molecule has 1 aromatic carbocycles. The Balaban J connectivity index is 2.24. The second-order valence-corrected chi connectivity index (χ2v) is 6.45. The third-order valence-electron chi connectivity index (χ3n) is 3.17. The lowest BCUT2D eigenvalue weighted by Gasteiger charge is -2.16. The van der Waals surface area contributed by atoms with Crippen LogP contribution in [0.2, 0.25) is 0 Å². The summed E-state index contributed by atoms with van der Waals surface area (Å²) in [6, 6.07) is 5.80. The number of nitrogens with one attached hydrogen (secondary N) is 1. The molecule has 0 unspecified atom stereocenters. The average molecular weight is 283 g/mol. The lowest BCUT2D eigenvalue weighted by Crippen LogP contribution is -2.32. The summed E-state index contributed by atoms with van der Waals surface area (Å²) >= 11 is 0. The molecule has 1 aromatic rings. The van der Waals surface area contributed by atoms with Gasteiger partial charge in [0.15, 0.2) is 0 Å². The zero-order valence-corrected chi connectivity index (χ0v) is 11.5. The Labute approximate surface area is 112 Å². The van der Waals surface area contributed by atoms with Crippen LogP contribution < -0.4 is 11.1 Å². The van der Waals surface area contributed by atoms with E-state index in [4.69, 9.17) is 5.73 Å². The molecule has 1 aliphatic heterocycles. The Morgan fingerprint density at radius 2 is 2.00 bits per heavy atom. The van der Waals surface area contributed by atoms with E-state index in [9.17, 15) is 13.2 Å². The maximum absolute atomic E-state index is 12.3. The number of sulfonamides is 1. The molecule has 3 N–H and O–H groups in total. The van der Waals surface area contributed by atoms with Gasteiger partial charge in [-0.15, -0.1) is 0 Å². The van der Waals surface area contributed by atoms with E-state index in [1.54, 1.807) is 0 Å². The van der Waals surface area contributed by atoms with Gasteiger partial charge in [-0.25, -0.2) is 8.42 Å². The van der Waals surface area contributed by atoms with Crippen molar-refractivity contribution in [1.29, 1.82) is 0 Å². The van der Waals surface area contributed by atoms with Gasteiger partial charge in [-0.1, -0.05) is 0 Å². The van der Waals surface area contributed by atoms with Crippen molar-refractivity contribution < 1.29 is 13.2 Å². The molecule has 1 fully saturated rings. The van der Waals surface area contributed by atoms with Gasteiger partial charge < -0.3 is 11.1 Å². The summed E-state index contributed by atoms with van der Waals surface area (Å²) in [7, 11) is -1.97. The van der Waals surface area contributed by atoms with Crippen LogP contribution in [0, 0.1) is 0 Å². The minimum absolute atomic E-state index is 0.0973. The van der Waals surface area contributed by atoms with E-state index in [1.165, 1.54) is 35.6 Å². The minimum atomic E-state index is -3.50. The van der Waals surface area contributed by atoms with Crippen LogP contribution in [0.15, 0.2) is 29.2 Å². The zero-order chi connectivity index (χ0) is 14.0. The van der Waals surface area contributed by atoms with Gasteiger partial charge in [-0.2, -0.15) is 4.31 Å². The maximum atomic E-state index is 12.3. The molecule has 7 heteroatoms. The standard InChI is InChI=1S/C12H17N3O3S/c1-14-12(16)9-2-4-11(5-3-9)19(17,18)15-7-6-10(13)8-15/h2-5,10H,6-8,13H2,1H3,(H,14,16)/t10-/m0/s1. The molecule has 1 amide bonds. The lowest BCUT2D eigenvalue weighted by atomic mass is 10.2. The monoisotopic (exact) mass is 283 g/mol. The first-order valence-corrected chi connectivity index (χ1v) is 7.47. The largest absolute Gasteiger partial charge is 0.355 e. The van der Waals surface area contributed by atoms with E-state index in [-0.39, 0.29) is 16.8 Å². The van der Waals surface area contributed by atoms with Gasteiger partial charge in [-0.3, -0.25) is 4.79 Å². The molecule has 19 heavy (non-hydrogen) atoms. The number of rotatable bonds is 3. The molecule has 2 rings (SSSR count). The van der Waals surface area contributed by atoms with Gasteiger partial charge in [-0.05, 0) is 30.7 Å². The number of hydrogen-bond acceptors (Lipinski definition) is 4. The molecule has 1 heterocycles. The van der Waals surface area contributed by atoms with Crippen LogP contribution in [0.4, 0.5) is 0 Å². The number of nitrogens with zero attached hydrogens (tertiary/aromatic N) is 1. The smallest absolute Gasteiger partial charge is 0.251 e. The van der Waals surface area contributed by atoms with Crippen LogP contribution in [-0.2, 0) is 10.0 Å². The summed E-state index contributed by atoms with van der Waals surface area (Å²) in [4.78, 5) is 11.6. The van der Waals surface area contributed by atoms with Crippen LogP contribution >= 0.6 is 0 Å². The molecule has 0 bridgehead atoms. The molecule has 0 aromatic heterocycles. The molecule has 1 atom stereocenters. The lowest BCUT2D eigenvalue weighted by molar-refractivity contribution is 0.0963. The average Bonchev–Trinajstić information content (AvgIpc) is 2.85. The van der Waals surface area contributed by atoms with Crippen molar-refractivity contribution >= 4 is 15.9 Å². The van der Waals surface area contributed by atoms with Crippen molar-refractivity contribution in [1.82, 2.24) is 9.62 Å². The summed E-state index contributed by atoms with van der Waals surface area (Å²) in [5.74, 6) is -0.243. The summed E-state index contributed by atoms with van der Waals surface area (Å²) in [5.41, 5.74) is 6.15. The first-order chi connectivity index (χ1) is 8.95. The van der Waals surface area contributed by atoms with Gasteiger partial charge >= 0.3 is 0 Å². The van der Waals surface area contributed by atoms with Crippen molar-refractivity contribution in [2.45, 2.75) is 17.4 Å². The molecule has 1 saturated heterocycles. The summed E-state index contributed by atoms with van der Waals surface area (Å²) in [6.45, 7) is 0.792. The van der Waals surface area contributed by atoms with Gasteiger partial charge in [0, 0.05) is 31.7 Å². The van der Waals surface area contributed by atoms with Crippen molar-refractivity contribution in [3.63, 3.8) is 0 Å². The van der Waals surface area contributed by atoms with Crippen molar-refractivity contribution in [3.8, 4) is 0 Å². The predicted molar refractivity (Wildman–Crippen MR) is 71.2 cm³/mol. The number of benzene rings is 1. The van der Waals surface area contributed by atoms with E-state index >= 15 is 0 Å². The molecule has 0 aliphatic carbocycles. The first kappa shape index (κ1) is 14.0. The van der Waals surface area contributed by atoms with Crippen molar-refractivity contribution in [2.24, 2.45) is 5.73 Å². The van der Waals surface area contributed by atoms with Gasteiger partial charge in [0.2, 0.25) is 10.0 Å². The van der Waals surface area contributed by atoms with E-state index in [2.05, 4.69) is 5.32 Å². The van der Waals surface area contributed by atoms with E-state index in [0.29, 0.717) is 25.1 Å². The van der Waals surface area contributed by atoms with Gasteiger partial charge in [0.05, 0.1) is 4.90 Å². The number of hydrogen-bond donors (Lipinski definition) is 2. The summed E-state index contributed by atoms with van der Waals surface area (Å²) in [5, 5.41) is 2.49. The number of carbonyl (C=O) groups is 1. The normalized spacial score (nSPS) is 20.4.